The van der Waals surface area contributed by atoms with Crippen LogP contribution in [0, 0.1) is 0 Å². The van der Waals surface area contributed by atoms with Crippen molar-refractivity contribution in [1.29, 1.82) is 0 Å². The van der Waals surface area contributed by atoms with E-state index in [-0.39, 0.29) is 12.4 Å². The lowest BCUT2D eigenvalue weighted by atomic mass is 10.1. The molecule has 0 saturated carbocycles. The Balaban J connectivity index is 0.00000289. The number of carbonyl (C=O) groups excluding carboxylic acids is 1. The van der Waals surface area contributed by atoms with Gasteiger partial charge in [0, 0.05) is 36.1 Å². The van der Waals surface area contributed by atoms with Crippen LogP contribution in [0.2, 0.25) is 0 Å². The van der Waals surface area contributed by atoms with Gasteiger partial charge in [0.15, 0.2) is 5.82 Å². The van der Waals surface area contributed by atoms with E-state index in [0.717, 1.165) is 41.4 Å². The van der Waals surface area contributed by atoms with Gasteiger partial charge in [0.25, 0.3) is 0 Å². The fourth-order valence-corrected chi connectivity index (χ4v) is 3.66. The molecule has 0 aliphatic carbocycles. The third kappa shape index (κ3) is 5.46. The molecule has 2 N–H and O–H groups in total. The van der Waals surface area contributed by atoms with Gasteiger partial charge in [-0.3, -0.25) is 4.40 Å². The number of alkyl halides is 3. The van der Waals surface area contributed by atoms with Crippen molar-refractivity contribution in [3.8, 4) is 22.5 Å². The molecule has 0 bridgehead atoms. The standard InChI is InChI=1S/C23H20F3N7O.ClH/c24-23(25,26)14-28-22(34)29-17-4-1-3-16(11-17)19-13-27-21-12-15(7-10-33(19)21)18-5-6-20(31-30-18)32-8-2-9-32;/h1,3-7,10-13H,2,8-9,14H2,(H2,28,29,34);1H. The minimum atomic E-state index is -4.48. The molecule has 0 atom stereocenters. The van der Waals surface area contributed by atoms with Crippen LogP contribution >= 0.6 is 12.4 Å². The molecule has 5 rings (SSSR count). The summed E-state index contributed by atoms with van der Waals surface area (Å²) >= 11 is 0. The van der Waals surface area contributed by atoms with Crippen molar-refractivity contribution < 1.29 is 18.0 Å². The molecule has 4 aromatic rings. The monoisotopic (exact) mass is 503 g/mol. The molecular weight excluding hydrogens is 483 g/mol. The number of nitrogens with one attached hydrogen (secondary N) is 2. The van der Waals surface area contributed by atoms with E-state index in [4.69, 9.17) is 0 Å². The van der Waals surface area contributed by atoms with E-state index < -0.39 is 18.8 Å². The topological polar surface area (TPSA) is 87.5 Å². The van der Waals surface area contributed by atoms with E-state index >= 15 is 0 Å². The molecule has 1 aliphatic rings. The smallest absolute Gasteiger partial charge is 0.355 e. The lowest BCUT2D eigenvalue weighted by Gasteiger charge is -2.31. The number of fused-ring (bicyclic) bond motifs is 1. The minimum Gasteiger partial charge on any atom is -0.355 e. The second kappa shape index (κ2) is 9.79. The number of benzene rings is 1. The number of anilines is 2. The predicted octanol–water partition coefficient (Wildman–Crippen LogP) is 4.77. The highest BCUT2D eigenvalue weighted by molar-refractivity contribution is 5.90. The molecule has 0 radical (unpaired) electrons. The Kier molecular flexibility index (Phi) is 6.79. The van der Waals surface area contributed by atoms with Gasteiger partial charge in [-0.2, -0.15) is 13.2 Å². The van der Waals surface area contributed by atoms with Gasteiger partial charge in [-0.1, -0.05) is 12.1 Å². The second-order valence-corrected chi connectivity index (χ2v) is 7.91. The van der Waals surface area contributed by atoms with Crippen molar-refractivity contribution in [3.63, 3.8) is 0 Å². The van der Waals surface area contributed by atoms with Crippen LogP contribution in [0.1, 0.15) is 6.42 Å². The quantitative estimate of drug-likeness (QED) is 0.409. The number of halogens is 4. The first kappa shape index (κ1) is 24.3. The normalized spacial score (nSPS) is 13.2. The zero-order chi connectivity index (χ0) is 23.7. The molecule has 4 heterocycles. The first-order valence-electron chi connectivity index (χ1n) is 10.6. The van der Waals surface area contributed by atoms with E-state index in [1.807, 2.05) is 40.9 Å². The van der Waals surface area contributed by atoms with Crippen LogP contribution in [0.5, 0.6) is 0 Å². The average Bonchev–Trinajstić information content (AvgIpc) is 3.20. The number of amides is 2. The van der Waals surface area contributed by atoms with Gasteiger partial charge >= 0.3 is 12.2 Å². The summed E-state index contributed by atoms with van der Waals surface area (Å²) in [7, 11) is 0. The number of hydrogen-bond acceptors (Lipinski definition) is 5. The van der Waals surface area contributed by atoms with Crippen molar-refractivity contribution in [2.75, 3.05) is 29.9 Å². The van der Waals surface area contributed by atoms with Crippen molar-refractivity contribution >= 4 is 35.6 Å². The Morgan fingerprint density at radius 3 is 2.54 bits per heavy atom. The second-order valence-electron chi connectivity index (χ2n) is 7.91. The summed E-state index contributed by atoms with van der Waals surface area (Å²) in [6, 6.07) is 13.6. The minimum absolute atomic E-state index is 0. The maximum Gasteiger partial charge on any atom is 0.405 e. The summed E-state index contributed by atoms with van der Waals surface area (Å²) in [5, 5.41) is 12.9. The van der Waals surface area contributed by atoms with Gasteiger partial charge in [0.2, 0.25) is 0 Å². The molecule has 1 aliphatic heterocycles. The van der Waals surface area contributed by atoms with Crippen molar-refractivity contribution in [1.82, 2.24) is 24.9 Å². The number of aromatic nitrogens is 4. The Labute approximate surface area is 204 Å². The van der Waals surface area contributed by atoms with Gasteiger partial charge in [-0.05, 0) is 42.8 Å². The molecule has 3 aromatic heterocycles. The van der Waals surface area contributed by atoms with Gasteiger partial charge in [-0.15, -0.1) is 22.6 Å². The fraction of sp³-hybridized carbons (Fsp3) is 0.217. The van der Waals surface area contributed by atoms with Gasteiger partial charge in [0.05, 0.1) is 17.6 Å². The molecule has 12 heteroatoms. The van der Waals surface area contributed by atoms with Crippen LogP contribution in [0.4, 0.5) is 29.5 Å². The summed E-state index contributed by atoms with van der Waals surface area (Å²) in [4.78, 5) is 18.4. The molecule has 8 nitrogen and oxygen atoms in total. The number of imidazole rings is 1. The Morgan fingerprint density at radius 1 is 1.03 bits per heavy atom. The lowest BCUT2D eigenvalue weighted by Crippen LogP contribution is -2.37. The third-order valence-electron chi connectivity index (χ3n) is 5.51. The first-order valence-corrected chi connectivity index (χ1v) is 10.6. The van der Waals surface area contributed by atoms with Crippen LogP contribution in [-0.4, -0.2) is 51.4 Å². The summed E-state index contributed by atoms with van der Waals surface area (Å²) < 4.78 is 38.8. The number of pyridine rings is 1. The molecule has 1 aromatic carbocycles. The number of urea groups is 1. The lowest BCUT2D eigenvalue weighted by molar-refractivity contribution is -0.122. The number of rotatable bonds is 5. The summed E-state index contributed by atoms with van der Waals surface area (Å²) in [5.41, 5.74) is 4.19. The summed E-state index contributed by atoms with van der Waals surface area (Å²) in [5.74, 6) is 0.875. The fourth-order valence-electron chi connectivity index (χ4n) is 3.66. The maximum atomic E-state index is 12.3. The van der Waals surface area contributed by atoms with Crippen LogP contribution in [-0.2, 0) is 0 Å². The molecule has 0 spiro atoms. The van der Waals surface area contributed by atoms with E-state index in [1.165, 1.54) is 6.42 Å². The maximum absolute atomic E-state index is 12.3. The SMILES string of the molecule is Cl.O=C(NCC(F)(F)F)Nc1cccc(-c2cnc3cc(-c4ccc(N5CCC5)nn4)ccn23)c1. The van der Waals surface area contributed by atoms with Crippen molar-refractivity contribution in [3.05, 3.63) is 60.9 Å². The molecule has 182 valence electrons. The van der Waals surface area contributed by atoms with Gasteiger partial charge < -0.3 is 15.5 Å². The van der Waals surface area contributed by atoms with Crippen LogP contribution in [0.15, 0.2) is 60.9 Å². The van der Waals surface area contributed by atoms with Gasteiger partial charge in [-0.25, -0.2) is 9.78 Å². The Morgan fingerprint density at radius 2 is 1.86 bits per heavy atom. The highest BCUT2D eigenvalue weighted by Crippen LogP contribution is 2.27. The Hall–Kier alpha value is -3.86. The van der Waals surface area contributed by atoms with Crippen molar-refractivity contribution in [2.24, 2.45) is 0 Å². The van der Waals surface area contributed by atoms with E-state index in [0.29, 0.717) is 11.3 Å². The summed E-state index contributed by atoms with van der Waals surface area (Å²) in [6.45, 7) is 0.608. The molecule has 35 heavy (non-hydrogen) atoms. The van der Waals surface area contributed by atoms with E-state index in [2.05, 4.69) is 25.4 Å². The highest BCUT2D eigenvalue weighted by Gasteiger charge is 2.27. The zero-order valence-corrected chi connectivity index (χ0v) is 19.1. The number of hydrogen-bond donors (Lipinski definition) is 2. The van der Waals surface area contributed by atoms with Crippen LogP contribution in [0.25, 0.3) is 28.2 Å². The van der Waals surface area contributed by atoms with E-state index in [1.54, 1.807) is 29.7 Å². The van der Waals surface area contributed by atoms with Crippen LogP contribution < -0.4 is 15.5 Å². The van der Waals surface area contributed by atoms with E-state index in [9.17, 15) is 18.0 Å². The third-order valence-corrected chi connectivity index (χ3v) is 5.51. The zero-order valence-electron chi connectivity index (χ0n) is 18.3. The largest absolute Gasteiger partial charge is 0.405 e. The van der Waals surface area contributed by atoms with Crippen molar-refractivity contribution in [2.45, 2.75) is 12.6 Å². The summed E-state index contributed by atoms with van der Waals surface area (Å²) in [6.07, 6.45) is 0.262. The molecule has 2 amide bonds. The number of nitrogens with zero attached hydrogens (tertiary/aromatic N) is 5. The molecule has 0 unspecified atom stereocenters. The number of carbonyl (C=O) groups is 1. The van der Waals surface area contributed by atoms with Crippen LogP contribution in [0.3, 0.4) is 0 Å². The predicted molar refractivity (Wildman–Crippen MR) is 129 cm³/mol. The average molecular weight is 504 g/mol. The van der Waals surface area contributed by atoms with Gasteiger partial charge in [0.1, 0.15) is 12.2 Å². The molecule has 1 saturated heterocycles. The molecule has 1 fully saturated rings. The first-order chi connectivity index (χ1) is 16.4. The molecular formula is C23H21ClF3N7O. The highest BCUT2D eigenvalue weighted by atomic mass is 35.5. The Bertz CT molecular complexity index is 1340.